The van der Waals surface area contributed by atoms with E-state index in [2.05, 4.69) is 0 Å². The van der Waals surface area contributed by atoms with Gasteiger partial charge in [0.05, 0.1) is 11.2 Å². The van der Waals surface area contributed by atoms with Gasteiger partial charge < -0.3 is 15.3 Å². The molecule has 4 saturated carbocycles. The van der Waals surface area contributed by atoms with Crippen molar-refractivity contribution in [1.82, 2.24) is 0 Å². The number of aliphatic carboxylic acids is 1. The van der Waals surface area contributed by atoms with Gasteiger partial charge in [0.15, 0.2) is 0 Å². The second kappa shape index (κ2) is 3.36. The third-order valence-electron chi connectivity index (χ3n) is 4.91. The Morgan fingerprint density at radius 1 is 1.11 bits per heavy atom. The summed E-state index contributed by atoms with van der Waals surface area (Å²) < 4.78 is 0. The van der Waals surface area contributed by atoms with Crippen molar-refractivity contribution in [3.63, 3.8) is 0 Å². The van der Waals surface area contributed by atoms with Gasteiger partial charge in [-0.15, -0.1) is 0 Å². The Kier molecular flexibility index (Phi) is 2.28. The second-order valence-corrected chi connectivity index (χ2v) is 6.95. The zero-order valence-electron chi connectivity index (χ0n) is 10.6. The van der Waals surface area contributed by atoms with E-state index in [0.717, 1.165) is 19.3 Å². The Balaban J connectivity index is 1.99. The largest absolute Gasteiger partial charge is 0.478 e. The standard InChI is InChI=1S/C14H20O4/c1-9(11(15)16)2-12-3-10-4-13(17,6-12)8-14(18,5-10)7-12/h2,10,17-18H,3-8H2,1H3,(H,15,16)/b9-2+. The molecule has 4 aliphatic carbocycles. The minimum Gasteiger partial charge on any atom is -0.478 e. The lowest BCUT2D eigenvalue weighted by molar-refractivity contribution is -0.217. The normalized spacial score (nSPS) is 50.6. The fourth-order valence-corrected chi connectivity index (χ4v) is 5.09. The van der Waals surface area contributed by atoms with Crippen molar-refractivity contribution >= 4 is 5.97 Å². The summed E-state index contributed by atoms with van der Waals surface area (Å²) >= 11 is 0. The highest BCUT2D eigenvalue weighted by Gasteiger charge is 2.61. The highest BCUT2D eigenvalue weighted by Crippen LogP contribution is 2.63. The third-order valence-corrected chi connectivity index (χ3v) is 4.91. The van der Waals surface area contributed by atoms with E-state index in [4.69, 9.17) is 5.11 Å². The maximum Gasteiger partial charge on any atom is 0.330 e. The average Bonchev–Trinajstić information content (AvgIpc) is 2.09. The summed E-state index contributed by atoms with van der Waals surface area (Å²) in [4.78, 5) is 11.0. The number of hydrogen-bond acceptors (Lipinski definition) is 3. The van der Waals surface area contributed by atoms with Crippen LogP contribution in [0.4, 0.5) is 0 Å². The molecule has 0 aromatic carbocycles. The molecule has 0 spiro atoms. The van der Waals surface area contributed by atoms with Crippen LogP contribution in [0.1, 0.15) is 45.4 Å². The molecule has 0 saturated heterocycles. The van der Waals surface area contributed by atoms with Gasteiger partial charge in [-0.2, -0.15) is 0 Å². The van der Waals surface area contributed by atoms with Crippen LogP contribution in [-0.2, 0) is 4.79 Å². The molecule has 4 fully saturated rings. The smallest absolute Gasteiger partial charge is 0.330 e. The van der Waals surface area contributed by atoms with E-state index >= 15 is 0 Å². The van der Waals surface area contributed by atoms with Gasteiger partial charge in [-0.25, -0.2) is 4.79 Å². The zero-order valence-corrected chi connectivity index (χ0v) is 10.6. The number of carboxylic acids is 1. The minimum atomic E-state index is -0.912. The monoisotopic (exact) mass is 252 g/mol. The van der Waals surface area contributed by atoms with Gasteiger partial charge in [0.2, 0.25) is 0 Å². The summed E-state index contributed by atoms with van der Waals surface area (Å²) in [5.74, 6) is -0.584. The highest BCUT2D eigenvalue weighted by atomic mass is 16.4. The third kappa shape index (κ3) is 1.79. The van der Waals surface area contributed by atoms with Gasteiger partial charge >= 0.3 is 5.97 Å². The Morgan fingerprint density at radius 3 is 2.11 bits per heavy atom. The summed E-state index contributed by atoms with van der Waals surface area (Å²) in [6.07, 6.45) is 5.87. The lowest BCUT2D eigenvalue weighted by atomic mass is 9.46. The van der Waals surface area contributed by atoms with Crippen LogP contribution >= 0.6 is 0 Å². The number of rotatable bonds is 2. The quantitative estimate of drug-likeness (QED) is 0.650. The van der Waals surface area contributed by atoms with E-state index < -0.39 is 17.2 Å². The molecule has 4 aliphatic rings. The zero-order chi connectivity index (χ0) is 13.2. The molecule has 4 nitrogen and oxygen atoms in total. The maximum atomic E-state index is 11.0. The predicted molar refractivity (Wildman–Crippen MR) is 64.9 cm³/mol. The molecule has 18 heavy (non-hydrogen) atoms. The molecule has 2 atom stereocenters. The number of aliphatic hydroxyl groups is 2. The van der Waals surface area contributed by atoms with E-state index in [1.807, 2.05) is 0 Å². The van der Waals surface area contributed by atoms with E-state index in [9.17, 15) is 15.0 Å². The van der Waals surface area contributed by atoms with Crippen LogP contribution in [-0.4, -0.2) is 32.5 Å². The topological polar surface area (TPSA) is 77.8 Å². The van der Waals surface area contributed by atoms with Crippen LogP contribution in [0.15, 0.2) is 11.6 Å². The van der Waals surface area contributed by atoms with E-state index in [1.54, 1.807) is 13.0 Å². The predicted octanol–water partition coefficient (Wildman–Crippen LogP) is 1.46. The van der Waals surface area contributed by atoms with Crippen molar-refractivity contribution in [3.8, 4) is 0 Å². The Morgan fingerprint density at radius 2 is 1.67 bits per heavy atom. The van der Waals surface area contributed by atoms with Gasteiger partial charge in [0, 0.05) is 12.0 Å². The minimum absolute atomic E-state index is 0.314. The van der Waals surface area contributed by atoms with Crippen molar-refractivity contribution < 1.29 is 20.1 Å². The fraction of sp³-hybridized carbons (Fsp3) is 0.786. The van der Waals surface area contributed by atoms with Crippen molar-refractivity contribution in [3.05, 3.63) is 11.6 Å². The fourth-order valence-electron chi connectivity index (χ4n) is 5.09. The molecule has 4 bridgehead atoms. The molecule has 0 heterocycles. The molecule has 0 aromatic heterocycles. The maximum absolute atomic E-state index is 11.0. The van der Waals surface area contributed by atoms with E-state index in [0.29, 0.717) is 30.8 Å². The second-order valence-electron chi connectivity index (χ2n) is 6.95. The molecule has 0 radical (unpaired) electrons. The highest BCUT2D eigenvalue weighted by molar-refractivity contribution is 5.85. The van der Waals surface area contributed by atoms with Crippen molar-refractivity contribution in [2.45, 2.75) is 56.7 Å². The summed E-state index contributed by atoms with van der Waals surface area (Å²) in [6, 6.07) is 0. The number of carboxylic acid groups (broad SMARTS) is 1. The molecule has 0 aliphatic heterocycles. The van der Waals surface area contributed by atoms with Gasteiger partial charge in [0.25, 0.3) is 0 Å². The average molecular weight is 252 g/mol. The van der Waals surface area contributed by atoms with Crippen LogP contribution in [0.3, 0.4) is 0 Å². The first kappa shape index (κ1) is 12.2. The SMILES string of the molecule is C/C(=C\C12CC3CC(O)(CC(O)(C3)C1)C2)C(=O)O. The molecule has 4 rings (SSSR count). The first-order valence-electron chi connectivity index (χ1n) is 6.61. The number of allylic oxidation sites excluding steroid dienone is 1. The van der Waals surface area contributed by atoms with Crippen LogP contribution in [0.2, 0.25) is 0 Å². The first-order chi connectivity index (χ1) is 8.23. The first-order valence-corrected chi connectivity index (χ1v) is 6.61. The van der Waals surface area contributed by atoms with Gasteiger partial charge in [0.1, 0.15) is 0 Å². The molecule has 4 heteroatoms. The summed E-state index contributed by atoms with van der Waals surface area (Å²) in [7, 11) is 0. The van der Waals surface area contributed by atoms with E-state index in [1.165, 1.54) is 0 Å². The molecule has 3 N–H and O–H groups in total. The van der Waals surface area contributed by atoms with Crippen molar-refractivity contribution in [2.75, 3.05) is 0 Å². The van der Waals surface area contributed by atoms with Crippen LogP contribution in [0.25, 0.3) is 0 Å². The van der Waals surface area contributed by atoms with Crippen molar-refractivity contribution in [1.29, 1.82) is 0 Å². The van der Waals surface area contributed by atoms with Gasteiger partial charge in [-0.1, -0.05) is 6.08 Å². The lowest BCUT2D eigenvalue weighted by Gasteiger charge is -2.62. The number of hydrogen-bond donors (Lipinski definition) is 3. The Hall–Kier alpha value is -0.870. The summed E-state index contributed by atoms with van der Waals surface area (Å²) in [5.41, 5.74) is -1.57. The van der Waals surface area contributed by atoms with Crippen LogP contribution in [0, 0.1) is 11.3 Å². The molecular formula is C14H20O4. The molecule has 100 valence electrons. The van der Waals surface area contributed by atoms with Crippen LogP contribution in [0.5, 0.6) is 0 Å². The molecule has 2 unspecified atom stereocenters. The Bertz CT molecular complexity index is 421. The summed E-state index contributed by atoms with van der Waals surface area (Å²) in [5, 5.41) is 30.1. The molecule has 0 amide bonds. The lowest BCUT2D eigenvalue weighted by Crippen LogP contribution is -2.62. The van der Waals surface area contributed by atoms with Crippen LogP contribution < -0.4 is 0 Å². The molecule has 0 aromatic rings. The van der Waals surface area contributed by atoms with E-state index in [-0.39, 0.29) is 5.41 Å². The summed E-state index contributed by atoms with van der Waals surface area (Å²) in [6.45, 7) is 1.59. The van der Waals surface area contributed by atoms with Gasteiger partial charge in [-0.3, -0.25) is 0 Å². The Labute approximate surface area is 106 Å². The van der Waals surface area contributed by atoms with Gasteiger partial charge in [-0.05, 0) is 50.4 Å². The molecular weight excluding hydrogens is 232 g/mol. The number of carbonyl (C=O) groups is 1. The van der Waals surface area contributed by atoms with Crippen molar-refractivity contribution in [2.24, 2.45) is 11.3 Å².